The van der Waals surface area contributed by atoms with E-state index in [1.807, 2.05) is 12.1 Å². The average molecular weight is 238 g/mol. The van der Waals surface area contributed by atoms with Crippen molar-refractivity contribution in [2.45, 2.75) is 20.8 Å². The highest BCUT2D eigenvalue weighted by molar-refractivity contribution is 5.42. The minimum Gasteiger partial charge on any atom is -0.475 e. The summed E-state index contributed by atoms with van der Waals surface area (Å²) in [7, 11) is 1.65. The molecule has 0 fully saturated rings. The van der Waals surface area contributed by atoms with Gasteiger partial charge >= 0.3 is 0 Å². The van der Waals surface area contributed by atoms with Gasteiger partial charge in [0.25, 0.3) is 0 Å². The van der Waals surface area contributed by atoms with E-state index in [1.54, 1.807) is 13.3 Å². The van der Waals surface area contributed by atoms with Gasteiger partial charge in [-0.25, -0.2) is 4.98 Å². The number of aromatic nitrogens is 1. The van der Waals surface area contributed by atoms with Gasteiger partial charge < -0.3 is 14.8 Å². The summed E-state index contributed by atoms with van der Waals surface area (Å²) in [5.41, 5.74) is 1.27. The molecule has 0 saturated carbocycles. The molecule has 1 rings (SSSR count). The topological polar surface area (TPSA) is 43.4 Å². The quantitative estimate of drug-likeness (QED) is 0.773. The number of methoxy groups -OCH3 is 1. The van der Waals surface area contributed by atoms with E-state index in [-0.39, 0.29) is 5.41 Å². The van der Waals surface area contributed by atoms with Gasteiger partial charge in [-0.15, -0.1) is 0 Å². The zero-order valence-corrected chi connectivity index (χ0v) is 11.1. The van der Waals surface area contributed by atoms with Crippen molar-refractivity contribution in [1.82, 2.24) is 4.98 Å². The largest absolute Gasteiger partial charge is 0.475 e. The molecule has 1 aromatic heterocycles. The number of nitrogens with one attached hydrogen (secondary N) is 1. The molecule has 0 unspecified atom stereocenters. The third-order valence-corrected chi connectivity index (χ3v) is 2.10. The van der Waals surface area contributed by atoms with Crippen LogP contribution in [0.4, 0.5) is 5.69 Å². The van der Waals surface area contributed by atoms with Gasteiger partial charge in [0.05, 0.1) is 18.5 Å². The first kappa shape index (κ1) is 13.8. The summed E-state index contributed by atoms with van der Waals surface area (Å²) in [5.74, 6) is 0.628. The molecular formula is C13H22N2O2. The molecule has 0 atom stereocenters. The van der Waals surface area contributed by atoms with E-state index in [1.165, 1.54) is 0 Å². The Morgan fingerprint density at radius 3 is 2.53 bits per heavy atom. The lowest BCUT2D eigenvalue weighted by Gasteiger charge is -2.19. The Labute approximate surface area is 103 Å². The second-order valence-corrected chi connectivity index (χ2v) is 5.14. The third kappa shape index (κ3) is 6.12. The fraction of sp³-hybridized carbons (Fsp3) is 0.615. The summed E-state index contributed by atoms with van der Waals surface area (Å²) in [4.78, 5) is 4.21. The molecule has 1 heterocycles. The molecule has 17 heavy (non-hydrogen) atoms. The maximum atomic E-state index is 5.38. The fourth-order valence-corrected chi connectivity index (χ4v) is 1.17. The van der Waals surface area contributed by atoms with Crippen molar-refractivity contribution >= 4 is 5.69 Å². The Kier molecular flexibility index (Phi) is 5.22. The zero-order chi connectivity index (χ0) is 12.7. The van der Waals surface area contributed by atoms with Crippen LogP contribution in [0, 0.1) is 5.41 Å². The molecule has 4 heteroatoms. The monoisotopic (exact) mass is 238 g/mol. The van der Waals surface area contributed by atoms with Crippen LogP contribution in [0.25, 0.3) is 0 Å². The van der Waals surface area contributed by atoms with E-state index >= 15 is 0 Å². The van der Waals surface area contributed by atoms with Crippen molar-refractivity contribution in [3.05, 3.63) is 18.3 Å². The van der Waals surface area contributed by atoms with Crippen LogP contribution in [-0.2, 0) is 4.74 Å². The van der Waals surface area contributed by atoms with Crippen LogP contribution in [0.1, 0.15) is 20.8 Å². The smallest absolute Gasteiger partial charge is 0.213 e. The van der Waals surface area contributed by atoms with Gasteiger partial charge in [0.1, 0.15) is 6.61 Å². The second-order valence-electron chi connectivity index (χ2n) is 5.14. The molecule has 1 aromatic rings. The summed E-state index contributed by atoms with van der Waals surface area (Å²) in [5, 5.41) is 3.34. The average Bonchev–Trinajstić information content (AvgIpc) is 2.27. The van der Waals surface area contributed by atoms with Crippen molar-refractivity contribution in [2.75, 3.05) is 32.2 Å². The van der Waals surface area contributed by atoms with E-state index in [4.69, 9.17) is 9.47 Å². The van der Waals surface area contributed by atoms with Gasteiger partial charge in [0.15, 0.2) is 0 Å². The summed E-state index contributed by atoms with van der Waals surface area (Å²) in [6.45, 7) is 8.59. The number of anilines is 1. The standard InChI is InChI=1S/C13H22N2O2/c1-13(2,3)10-15-11-5-6-12(14-9-11)17-8-7-16-4/h5-6,9,15H,7-8,10H2,1-4H3. The lowest BCUT2D eigenvalue weighted by atomic mass is 9.97. The van der Waals surface area contributed by atoms with E-state index in [0.717, 1.165) is 12.2 Å². The number of nitrogens with zero attached hydrogens (tertiary/aromatic N) is 1. The molecule has 0 saturated heterocycles. The molecule has 0 aliphatic rings. The van der Waals surface area contributed by atoms with Crippen LogP contribution in [0.2, 0.25) is 0 Å². The number of rotatable bonds is 6. The Morgan fingerprint density at radius 2 is 2.00 bits per heavy atom. The van der Waals surface area contributed by atoms with Crippen LogP contribution in [0.15, 0.2) is 18.3 Å². The molecular weight excluding hydrogens is 216 g/mol. The minimum atomic E-state index is 0.258. The molecule has 1 N–H and O–H groups in total. The first-order chi connectivity index (χ1) is 8.01. The fourth-order valence-electron chi connectivity index (χ4n) is 1.17. The summed E-state index contributed by atoms with van der Waals surface area (Å²) in [6, 6.07) is 3.83. The van der Waals surface area contributed by atoms with Crippen LogP contribution in [0.5, 0.6) is 5.88 Å². The van der Waals surface area contributed by atoms with E-state index in [9.17, 15) is 0 Å². The Morgan fingerprint density at radius 1 is 1.24 bits per heavy atom. The highest BCUT2D eigenvalue weighted by Gasteiger charge is 2.09. The second kappa shape index (κ2) is 6.45. The normalized spacial score (nSPS) is 11.3. The predicted molar refractivity (Wildman–Crippen MR) is 69.6 cm³/mol. The van der Waals surface area contributed by atoms with Crippen molar-refractivity contribution < 1.29 is 9.47 Å². The van der Waals surface area contributed by atoms with E-state index in [0.29, 0.717) is 19.1 Å². The van der Waals surface area contributed by atoms with E-state index in [2.05, 4.69) is 31.1 Å². The number of pyridine rings is 1. The molecule has 0 aliphatic heterocycles. The van der Waals surface area contributed by atoms with Crippen molar-refractivity contribution in [3.8, 4) is 5.88 Å². The summed E-state index contributed by atoms with van der Waals surface area (Å²) >= 11 is 0. The first-order valence-corrected chi connectivity index (χ1v) is 5.83. The lowest BCUT2D eigenvalue weighted by Crippen LogP contribution is -2.19. The predicted octanol–water partition coefficient (Wildman–Crippen LogP) is 2.56. The maximum absolute atomic E-state index is 5.38. The number of ether oxygens (including phenoxy) is 2. The molecule has 0 aromatic carbocycles. The highest BCUT2D eigenvalue weighted by atomic mass is 16.5. The van der Waals surface area contributed by atoms with Gasteiger partial charge in [0.2, 0.25) is 5.88 Å². The molecule has 0 aliphatic carbocycles. The molecule has 0 amide bonds. The van der Waals surface area contributed by atoms with Crippen LogP contribution >= 0.6 is 0 Å². The van der Waals surface area contributed by atoms with Crippen LogP contribution in [-0.4, -0.2) is 31.9 Å². The van der Waals surface area contributed by atoms with Gasteiger partial charge in [-0.1, -0.05) is 20.8 Å². The Hall–Kier alpha value is -1.29. The van der Waals surface area contributed by atoms with E-state index < -0.39 is 0 Å². The summed E-state index contributed by atoms with van der Waals surface area (Å²) < 4.78 is 10.3. The number of hydrogen-bond donors (Lipinski definition) is 1. The van der Waals surface area contributed by atoms with Gasteiger partial charge in [-0.2, -0.15) is 0 Å². The van der Waals surface area contributed by atoms with Crippen LogP contribution < -0.4 is 10.1 Å². The Bertz CT molecular complexity index is 317. The maximum Gasteiger partial charge on any atom is 0.213 e. The van der Waals surface area contributed by atoms with Crippen molar-refractivity contribution in [2.24, 2.45) is 5.41 Å². The molecule has 0 radical (unpaired) electrons. The number of hydrogen-bond acceptors (Lipinski definition) is 4. The highest BCUT2D eigenvalue weighted by Crippen LogP contribution is 2.16. The minimum absolute atomic E-state index is 0.258. The molecule has 0 bridgehead atoms. The van der Waals surface area contributed by atoms with Crippen molar-refractivity contribution in [1.29, 1.82) is 0 Å². The molecule has 4 nitrogen and oxygen atoms in total. The Balaban J connectivity index is 2.39. The summed E-state index contributed by atoms with van der Waals surface area (Å²) in [6.07, 6.45) is 1.79. The first-order valence-electron chi connectivity index (χ1n) is 5.83. The van der Waals surface area contributed by atoms with Crippen molar-refractivity contribution in [3.63, 3.8) is 0 Å². The van der Waals surface area contributed by atoms with Gasteiger partial charge in [0, 0.05) is 19.7 Å². The lowest BCUT2D eigenvalue weighted by molar-refractivity contribution is 0.144. The van der Waals surface area contributed by atoms with Gasteiger partial charge in [-0.3, -0.25) is 0 Å². The van der Waals surface area contributed by atoms with Crippen LogP contribution in [0.3, 0.4) is 0 Å². The third-order valence-electron chi connectivity index (χ3n) is 2.10. The molecule has 0 spiro atoms. The molecule has 96 valence electrons. The van der Waals surface area contributed by atoms with Gasteiger partial charge in [-0.05, 0) is 11.5 Å². The SMILES string of the molecule is COCCOc1ccc(NCC(C)(C)C)cn1. The zero-order valence-electron chi connectivity index (χ0n) is 11.1.